The summed E-state index contributed by atoms with van der Waals surface area (Å²) in [6, 6.07) is 3.37. The lowest BCUT2D eigenvalue weighted by molar-refractivity contribution is -0.388. The van der Waals surface area contributed by atoms with Crippen molar-refractivity contribution in [2.45, 2.75) is 12.8 Å². The fourth-order valence-corrected chi connectivity index (χ4v) is 1.77. The van der Waals surface area contributed by atoms with Gasteiger partial charge in [0.25, 0.3) is 0 Å². The lowest BCUT2D eigenvalue weighted by atomic mass is 10.3. The topological polar surface area (TPSA) is 68.1 Å². The largest absolute Gasteiger partial charge is 0.386 e. The third-order valence-electron chi connectivity index (χ3n) is 2.05. The number of unbranched alkanes of at least 4 members (excludes halogenated alkanes) is 1. The Hall–Kier alpha value is -1.30. The molecule has 0 bridgehead atoms. The maximum Gasteiger partial charge on any atom is 0.386 e. The third kappa shape index (κ3) is 4.06. The predicted molar refractivity (Wildman–Crippen MR) is 67.0 cm³/mol. The first-order valence-corrected chi connectivity index (χ1v) is 6.47. The number of hydrogen-bond acceptors (Lipinski definition) is 5. The lowest BCUT2D eigenvalue weighted by Gasteiger charge is -2.05. The van der Waals surface area contributed by atoms with Crippen molar-refractivity contribution in [2.75, 3.05) is 23.9 Å². The van der Waals surface area contributed by atoms with Crippen LogP contribution in [0.5, 0.6) is 0 Å². The van der Waals surface area contributed by atoms with E-state index in [-0.39, 0.29) is 5.82 Å². The number of aromatic nitrogens is 1. The minimum atomic E-state index is -0.468. The number of pyridine rings is 1. The van der Waals surface area contributed by atoms with Crippen LogP contribution < -0.4 is 5.32 Å². The molecule has 1 aromatic heterocycles. The van der Waals surface area contributed by atoms with Gasteiger partial charge in [-0.05, 0) is 46.9 Å². The third-order valence-corrected chi connectivity index (χ3v) is 2.75. The molecule has 0 aromatic carbocycles. The van der Waals surface area contributed by atoms with Crippen LogP contribution in [-0.2, 0) is 0 Å². The van der Waals surface area contributed by atoms with E-state index in [2.05, 4.69) is 16.6 Å². The van der Waals surface area contributed by atoms with E-state index >= 15 is 0 Å². The van der Waals surface area contributed by atoms with Crippen LogP contribution in [0.15, 0.2) is 18.3 Å². The molecule has 1 N–H and O–H groups in total. The van der Waals surface area contributed by atoms with Gasteiger partial charge in [0.05, 0.1) is 0 Å². The quantitative estimate of drug-likeness (QED) is 0.451. The lowest BCUT2D eigenvalue weighted by Crippen LogP contribution is -2.05. The summed E-state index contributed by atoms with van der Waals surface area (Å²) < 4.78 is 0. The van der Waals surface area contributed by atoms with Crippen molar-refractivity contribution in [2.24, 2.45) is 0 Å². The molecule has 6 heteroatoms. The highest BCUT2D eigenvalue weighted by Gasteiger charge is 2.12. The number of nitro groups is 1. The van der Waals surface area contributed by atoms with Gasteiger partial charge >= 0.3 is 5.82 Å². The van der Waals surface area contributed by atoms with E-state index in [4.69, 9.17) is 0 Å². The molecule has 16 heavy (non-hydrogen) atoms. The molecule has 0 radical (unpaired) electrons. The summed E-state index contributed by atoms with van der Waals surface area (Å²) in [5, 5.41) is 13.7. The van der Waals surface area contributed by atoms with Crippen LogP contribution in [0.2, 0.25) is 0 Å². The first-order valence-electron chi connectivity index (χ1n) is 5.08. The maximum absolute atomic E-state index is 10.7. The number of anilines is 1. The number of hydrogen-bond donors (Lipinski definition) is 1. The number of nitrogens with zero attached hydrogens (tertiary/aromatic N) is 2. The molecule has 0 aliphatic heterocycles. The van der Waals surface area contributed by atoms with Crippen molar-refractivity contribution in [3.05, 3.63) is 28.4 Å². The van der Waals surface area contributed by atoms with Gasteiger partial charge in [0.1, 0.15) is 11.9 Å². The molecule has 0 aliphatic carbocycles. The monoisotopic (exact) mass is 241 g/mol. The normalized spacial score (nSPS) is 10.1. The summed E-state index contributed by atoms with van der Waals surface area (Å²) >= 11 is 1.81. The van der Waals surface area contributed by atoms with Gasteiger partial charge < -0.3 is 15.4 Å². The van der Waals surface area contributed by atoms with Crippen molar-refractivity contribution in [3.63, 3.8) is 0 Å². The molecule has 5 nitrogen and oxygen atoms in total. The zero-order chi connectivity index (χ0) is 11.8. The van der Waals surface area contributed by atoms with Gasteiger partial charge in [-0.25, -0.2) is 0 Å². The van der Waals surface area contributed by atoms with E-state index in [0.29, 0.717) is 5.69 Å². The van der Waals surface area contributed by atoms with Crippen molar-refractivity contribution < 1.29 is 4.92 Å². The van der Waals surface area contributed by atoms with Crippen LogP contribution in [0.3, 0.4) is 0 Å². The average molecular weight is 241 g/mol. The summed E-state index contributed by atoms with van der Waals surface area (Å²) in [5.74, 6) is 1.02. The molecule has 88 valence electrons. The number of nitrogens with one attached hydrogen (secondary N) is 1. The zero-order valence-corrected chi connectivity index (χ0v) is 10.00. The maximum atomic E-state index is 10.7. The molecule has 0 spiro atoms. The second-order valence-corrected chi connectivity index (χ2v) is 4.24. The van der Waals surface area contributed by atoms with Crippen LogP contribution in [-0.4, -0.2) is 28.5 Å². The first-order chi connectivity index (χ1) is 7.75. The van der Waals surface area contributed by atoms with Gasteiger partial charge in [0.15, 0.2) is 0 Å². The second kappa shape index (κ2) is 7.05. The molecule has 0 unspecified atom stereocenters. The molecule has 0 saturated heterocycles. The van der Waals surface area contributed by atoms with E-state index in [1.807, 2.05) is 11.8 Å². The predicted octanol–water partition coefficient (Wildman–Crippen LogP) is 2.54. The van der Waals surface area contributed by atoms with E-state index < -0.39 is 4.92 Å². The molecule has 1 heterocycles. The molecule has 0 fully saturated rings. The summed E-state index contributed by atoms with van der Waals surface area (Å²) in [4.78, 5) is 13.9. The van der Waals surface area contributed by atoms with Gasteiger partial charge in [-0.2, -0.15) is 11.8 Å². The van der Waals surface area contributed by atoms with Crippen LogP contribution in [0.25, 0.3) is 0 Å². The van der Waals surface area contributed by atoms with Crippen molar-refractivity contribution >= 4 is 23.3 Å². The first kappa shape index (κ1) is 12.8. The van der Waals surface area contributed by atoms with Crippen molar-refractivity contribution in [1.29, 1.82) is 0 Å². The molecule has 0 atom stereocenters. The highest BCUT2D eigenvalue weighted by molar-refractivity contribution is 7.98. The van der Waals surface area contributed by atoms with Crippen LogP contribution in [0.1, 0.15) is 12.8 Å². The fraction of sp³-hybridized carbons (Fsp3) is 0.500. The molecular formula is C10H15N3O2S. The van der Waals surface area contributed by atoms with Crippen LogP contribution in [0, 0.1) is 10.1 Å². The van der Waals surface area contributed by atoms with Gasteiger partial charge in [0, 0.05) is 6.54 Å². The minimum Gasteiger partial charge on any atom is -0.378 e. The summed E-state index contributed by atoms with van der Waals surface area (Å²) in [6.45, 7) is 0.743. The molecule has 0 saturated carbocycles. The van der Waals surface area contributed by atoms with E-state index in [0.717, 1.165) is 25.1 Å². The Balaban J connectivity index is 2.44. The smallest absolute Gasteiger partial charge is 0.378 e. The summed E-state index contributed by atoms with van der Waals surface area (Å²) in [6.07, 6.45) is 5.62. The standard InChI is InChI=1S/C10H15N3O2S/c1-16-8-3-2-6-11-9-5-4-7-12-10(9)13(14)15/h4-5,7,11H,2-3,6,8H2,1H3. The Bertz CT molecular complexity index is 347. The summed E-state index contributed by atoms with van der Waals surface area (Å²) in [5.41, 5.74) is 0.497. The van der Waals surface area contributed by atoms with E-state index in [9.17, 15) is 10.1 Å². The highest BCUT2D eigenvalue weighted by Crippen LogP contribution is 2.19. The van der Waals surface area contributed by atoms with Gasteiger partial charge in [-0.3, -0.25) is 0 Å². The Labute approximate surface area is 98.8 Å². The van der Waals surface area contributed by atoms with E-state index in [1.54, 1.807) is 12.1 Å². The fourth-order valence-electron chi connectivity index (χ4n) is 1.27. The number of thioether (sulfide) groups is 1. The van der Waals surface area contributed by atoms with Crippen LogP contribution in [0.4, 0.5) is 11.5 Å². The van der Waals surface area contributed by atoms with Crippen LogP contribution >= 0.6 is 11.8 Å². The Morgan fingerprint density at radius 2 is 2.38 bits per heavy atom. The summed E-state index contributed by atoms with van der Waals surface area (Å²) in [7, 11) is 0. The van der Waals surface area contributed by atoms with Crippen molar-refractivity contribution in [1.82, 2.24) is 4.98 Å². The average Bonchev–Trinajstić information content (AvgIpc) is 2.29. The van der Waals surface area contributed by atoms with Gasteiger partial charge in [0.2, 0.25) is 0 Å². The SMILES string of the molecule is CSCCCCNc1cccnc1[N+](=O)[O-]. The minimum absolute atomic E-state index is 0.104. The van der Waals surface area contributed by atoms with Crippen molar-refractivity contribution in [3.8, 4) is 0 Å². The van der Waals surface area contributed by atoms with Gasteiger partial charge in [-0.1, -0.05) is 0 Å². The Morgan fingerprint density at radius 1 is 1.56 bits per heavy atom. The van der Waals surface area contributed by atoms with E-state index in [1.165, 1.54) is 6.20 Å². The Morgan fingerprint density at radius 3 is 3.06 bits per heavy atom. The zero-order valence-electron chi connectivity index (χ0n) is 9.18. The second-order valence-electron chi connectivity index (χ2n) is 3.26. The molecule has 1 aromatic rings. The molecular weight excluding hydrogens is 226 g/mol. The highest BCUT2D eigenvalue weighted by atomic mass is 32.2. The number of rotatable bonds is 7. The molecule has 0 aliphatic rings. The van der Waals surface area contributed by atoms with Gasteiger partial charge in [-0.15, -0.1) is 0 Å². The molecule has 1 rings (SSSR count). The Kier molecular flexibility index (Phi) is 5.63. The molecule has 0 amide bonds.